The molecule has 0 aromatic heterocycles. The molecule has 3 N–H and O–H groups in total. The van der Waals surface area contributed by atoms with Gasteiger partial charge in [0.15, 0.2) is 0 Å². The maximum Gasteiger partial charge on any atom is 0.0654 e. The fraction of sp³-hybridized carbons (Fsp3) is 0.840. The zero-order chi connectivity index (χ0) is 20.7. The lowest BCUT2D eigenvalue weighted by molar-refractivity contribution is 0.0513. The first-order valence-corrected chi connectivity index (χ1v) is 12.2. The van der Waals surface area contributed by atoms with Crippen LogP contribution >= 0.6 is 0 Å². The number of nitrogens with one attached hydrogen (secondary N) is 1. The van der Waals surface area contributed by atoms with Crippen LogP contribution < -0.4 is 5.32 Å². The predicted molar refractivity (Wildman–Crippen MR) is 121 cm³/mol. The molecule has 4 nitrogen and oxygen atoms in total. The fourth-order valence-electron chi connectivity index (χ4n) is 5.55. The molecule has 0 aromatic rings. The van der Waals surface area contributed by atoms with Crippen LogP contribution in [0, 0.1) is 17.8 Å². The van der Waals surface area contributed by atoms with Gasteiger partial charge < -0.3 is 20.4 Å². The summed E-state index contributed by atoms with van der Waals surface area (Å²) in [6.07, 6.45) is 16.2. The summed E-state index contributed by atoms with van der Waals surface area (Å²) in [5, 5.41) is 24.7. The Morgan fingerprint density at radius 1 is 1.28 bits per heavy atom. The molecule has 166 valence electrons. The monoisotopic (exact) mass is 404 g/mol. The smallest absolute Gasteiger partial charge is 0.0654 e. The lowest BCUT2D eigenvalue weighted by atomic mass is 9.88. The largest absolute Gasteiger partial charge is 0.392 e. The Morgan fingerprint density at radius 2 is 2.07 bits per heavy atom. The molecule has 1 heterocycles. The number of allylic oxidation sites excluding steroid dienone is 1. The van der Waals surface area contributed by atoms with E-state index in [0.717, 1.165) is 51.6 Å². The van der Waals surface area contributed by atoms with Gasteiger partial charge in [0.25, 0.3) is 0 Å². The molecule has 0 radical (unpaired) electrons. The van der Waals surface area contributed by atoms with Crippen molar-refractivity contribution in [1.29, 1.82) is 0 Å². The van der Waals surface area contributed by atoms with E-state index in [4.69, 9.17) is 0 Å². The van der Waals surface area contributed by atoms with Crippen molar-refractivity contribution in [3.63, 3.8) is 0 Å². The van der Waals surface area contributed by atoms with Gasteiger partial charge in [-0.15, -0.1) is 0 Å². The molecule has 3 aliphatic rings. The van der Waals surface area contributed by atoms with E-state index in [1.165, 1.54) is 32.5 Å². The number of aliphatic hydroxyl groups is 2. The van der Waals surface area contributed by atoms with E-state index in [1.807, 2.05) is 6.92 Å². The normalized spacial score (nSPS) is 32.1. The van der Waals surface area contributed by atoms with Crippen molar-refractivity contribution in [2.24, 2.45) is 17.8 Å². The van der Waals surface area contributed by atoms with Crippen LogP contribution in [-0.4, -0.2) is 59.5 Å². The lowest BCUT2D eigenvalue weighted by Gasteiger charge is -2.22. The highest BCUT2D eigenvalue weighted by atomic mass is 16.3. The number of hydrogen-bond acceptors (Lipinski definition) is 4. The Kier molecular flexibility index (Phi) is 8.79. The van der Waals surface area contributed by atoms with Gasteiger partial charge in [0.05, 0.1) is 11.7 Å². The average Bonchev–Trinajstić information content (AvgIpc) is 3.38. The molecule has 0 bridgehead atoms. The Balaban J connectivity index is 1.37. The zero-order valence-electron chi connectivity index (χ0n) is 18.8. The van der Waals surface area contributed by atoms with Gasteiger partial charge in [0.2, 0.25) is 0 Å². The van der Waals surface area contributed by atoms with Crippen molar-refractivity contribution in [3.05, 3.63) is 23.8 Å². The van der Waals surface area contributed by atoms with Gasteiger partial charge in [0, 0.05) is 19.0 Å². The van der Waals surface area contributed by atoms with Crippen molar-refractivity contribution >= 4 is 0 Å². The third kappa shape index (κ3) is 6.92. The van der Waals surface area contributed by atoms with Crippen molar-refractivity contribution in [2.75, 3.05) is 32.7 Å². The number of rotatable bonds is 12. The van der Waals surface area contributed by atoms with Crippen LogP contribution in [0.1, 0.15) is 71.6 Å². The minimum Gasteiger partial charge on any atom is -0.392 e. The minimum atomic E-state index is -0.616. The minimum absolute atomic E-state index is 0.224. The van der Waals surface area contributed by atoms with E-state index < -0.39 is 5.60 Å². The highest BCUT2D eigenvalue weighted by Crippen LogP contribution is 2.47. The first kappa shape index (κ1) is 23.0. The highest BCUT2D eigenvalue weighted by Gasteiger charge is 2.43. The topological polar surface area (TPSA) is 55.7 Å². The molecule has 1 saturated carbocycles. The molecule has 29 heavy (non-hydrogen) atoms. The van der Waals surface area contributed by atoms with E-state index >= 15 is 0 Å². The summed E-state index contributed by atoms with van der Waals surface area (Å²) in [7, 11) is 0. The predicted octanol–water partition coefficient (Wildman–Crippen LogP) is 3.89. The quantitative estimate of drug-likeness (QED) is 0.341. The molecule has 0 aromatic carbocycles. The van der Waals surface area contributed by atoms with E-state index in [0.29, 0.717) is 18.3 Å². The zero-order valence-corrected chi connectivity index (χ0v) is 18.8. The maximum absolute atomic E-state index is 10.5. The summed E-state index contributed by atoms with van der Waals surface area (Å²) < 4.78 is 0. The number of unbranched alkanes of at least 4 members (excludes halogenated alkanes) is 1. The van der Waals surface area contributed by atoms with Gasteiger partial charge in [-0.05, 0) is 83.3 Å². The number of aliphatic hydroxyl groups excluding tert-OH is 1. The van der Waals surface area contributed by atoms with Gasteiger partial charge >= 0.3 is 0 Å². The molecule has 2 fully saturated rings. The van der Waals surface area contributed by atoms with Gasteiger partial charge in [-0.3, -0.25) is 0 Å². The second kappa shape index (κ2) is 11.1. The Bertz CT molecular complexity index is 551. The summed E-state index contributed by atoms with van der Waals surface area (Å²) in [5.74, 6) is 1.35. The van der Waals surface area contributed by atoms with Crippen LogP contribution in [0.3, 0.4) is 0 Å². The summed E-state index contributed by atoms with van der Waals surface area (Å²) in [6, 6.07) is 0. The van der Waals surface area contributed by atoms with Crippen molar-refractivity contribution in [2.45, 2.75) is 83.3 Å². The van der Waals surface area contributed by atoms with Gasteiger partial charge in [-0.25, -0.2) is 0 Å². The summed E-state index contributed by atoms with van der Waals surface area (Å²) in [4.78, 5) is 2.56. The van der Waals surface area contributed by atoms with Crippen molar-refractivity contribution in [3.8, 4) is 0 Å². The summed E-state index contributed by atoms with van der Waals surface area (Å²) >= 11 is 0. The van der Waals surface area contributed by atoms with Crippen LogP contribution in [0.5, 0.6) is 0 Å². The van der Waals surface area contributed by atoms with E-state index in [2.05, 4.69) is 35.4 Å². The average molecular weight is 405 g/mol. The molecule has 0 unspecified atom stereocenters. The fourth-order valence-corrected chi connectivity index (χ4v) is 5.55. The molecule has 1 aliphatic heterocycles. The third-order valence-corrected chi connectivity index (χ3v) is 7.36. The maximum atomic E-state index is 10.5. The van der Waals surface area contributed by atoms with Gasteiger partial charge in [-0.2, -0.15) is 0 Å². The number of hydrogen-bond donors (Lipinski definition) is 3. The Morgan fingerprint density at radius 3 is 2.83 bits per heavy atom. The van der Waals surface area contributed by atoms with Crippen LogP contribution in [0.15, 0.2) is 23.8 Å². The molecule has 5 atom stereocenters. The van der Waals surface area contributed by atoms with Crippen LogP contribution in [0.2, 0.25) is 0 Å². The Labute approximate surface area is 178 Å². The first-order chi connectivity index (χ1) is 14.0. The molecular weight excluding hydrogens is 360 g/mol. The van der Waals surface area contributed by atoms with Crippen LogP contribution in [-0.2, 0) is 0 Å². The van der Waals surface area contributed by atoms with E-state index in [1.54, 1.807) is 5.57 Å². The number of likely N-dealkylation sites (tertiary alicyclic amines) is 1. The van der Waals surface area contributed by atoms with Crippen LogP contribution in [0.25, 0.3) is 0 Å². The summed E-state index contributed by atoms with van der Waals surface area (Å²) in [6.45, 7) is 10.0. The highest BCUT2D eigenvalue weighted by molar-refractivity contribution is 5.21. The standard InChI is InChI=1S/C25H44N2O2/c1-3-4-10-25(2,29)11-7-8-22-23-18-20(17-21(23)19-24(22)28)9-12-26-13-16-27-14-5-6-15-27/h7-8,17,21-24,26,28-29H,3-6,9-16,18-19H2,1-2H3/t21-,22+,23-,24+,25-/m0/s1. The lowest BCUT2D eigenvalue weighted by Crippen LogP contribution is -2.30. The molecule has 0 amide bonds. The molecule has 0 spiro atoms. The first-order valence-electron chi connectivity index (χ1n) is 12.2. The van der Waals surface area contributed by atoms with E-state index in [9.17, 15) is 10.2 Å². The SMILES string of the molecule is CCCC[C@](C)(O)CC=C[C@@H]1[C@H]2CC(CCNCCN3CCCC3)=C[C@H]2C[C@H]1O. The molecule has 4 heteroatoms. The number of fused-ring (bicyclic) bond motifs is 1. The summed E-state index contributed by atoms with van der Waals surface area (Å²) in [5.41, 5.74) is 0.962. The van der Waals surface area contributed by atoms with Gasteiger partial charge in [-0.1, -0.05) is 43.6 Å². The molecule has 3 rings (SSSR count). The third-order valence-electron chi connectivity index (χ3n) is 7.36. The van der Waals surface area contributed by atoms with E-state index in [-0.39, 0.29) is 12.0 Å². The van der Waals surface area contributed by atoms with Gasteiger partial charge in [0.1, 0.15) is 0 Å². The Hall–Kier alpha value is -0.680. The molecule has 1 saturated heterocycles. The van der Waals surface area contributed by atoms with Crippen LogP contribution in [0.4, 0.5) is 0 Å². The van der Waals surface area contributed by atoms with Crippen molar-refractivity contribution < 1.29 is 10.2 Å². The molecule has 2 aliphatic carbocycles. The second-order valence-corrected chi connectivity index (χ2v) is 10.0. The number of nitrogens with zero attached hydrogens (tertiary/aromatic N) is 1. The second-order valence-electron chi connectivity index (χ2n) is 10.0. The molecular formula is C25H44N2O2. The van der Waals surface area contributed by atoms with Crippen molar-refractivity contribution in [1.82, 2.24) is 10.2 Å².